The van der Waals surface area contributed by atoms with Gasteiger partial charge in [-0.3, -0.25) is 0 Å². The van der Waals surface area contributed by atoms with Gasteiger partial charge in [-0.05, 0) is 43.0 Å². The maximum absolute atomic E-state index is 13.2. The van der Waals surface area contributed by atoms with Crippen LogP contribution in [0.15, 0.2) is 133 Å². The van der Waals surface area contributed by atoms with Crippen LogP contribution in [0.1, 0.15) is 43.0 Å². The number of rotatable bonds is 14. The van der Waals surface area contributed by atoms with Crippen molar-refractivity contribution < 1.29 is 33.2 Å². The molecule has 4 aromatic rings. The Morgan fingerprint density at radius 3 is 1.51 bits per heavy atom. The Balaban J connectivity index is 1.49. The molecular formula is C40H44O7. The Morgan fingerprint density at radius 1 is 0.617 bits per heavy atom. The van der Waals surface area contributed by atoms with E-state index in [2.05, 4.69) is 0 Å². The van der Waals surface area contributed by atoms with Crippen molar-refractivity contribution >= 4 is 5.97 Å². The molecule has 246 valence electrons. The van der Waals surface area contributed by atoms with Crippen molar-refractivity contribution in [3.63, 3.8) is 0 Å². The highest BCUT2D eigenvalue weighted by Crippen LogP contribution is 2.33. The van der Waals surface area contributed by atoms with E-state index < -0.39 is 36.0 Å². The van der Waals surface area contributed by atoms with Crippen molar-refractivity contribution in [2.24, 2.45) is 0 Å². The van der Waals surface area contributed by atoms with Gasteiger partial charge in [-0.2, -0.15) is 0 Å². The van der Waals surface area contributed by atoms with E-state index in [1.54, 1.807) is 0 Å². The summed E-state index contributed by atoms with van der Waals surface area (Å²) in [5, 5.41) is 0. The molecule has 5 rings (SSSR count). The molecule has 0 N–H and O–H groups in total. The molecule has 0 unspecified atom stereocenters. The highest BCUT2D eigenvalue weighted by atomic mass is 16.6. The van der Waals surface area contributed by atoms with Gasteiger partial charge in [0.25, 0.3) is 0 Å². The second-order valence-corrected chi connectivity index (χ2v) is 12.5. The summed E-state index contributed by atoms with van der Waals surface area (Å²) in [5.41, 5.74) is 3.33. The number of carbonyl (C=O) groups is 1. The first-order valence-electron chi connectivity index (χ1n) is 16.0. The molecule has 0 aliphatic carbocycles. The van der Waals surface area contributed by atoms with Gasteiger partial charge in [-0.1, -0.05) is 121 Å². The summed E-state index contributed by atoms with van der Waals surface area (Å²) in [6, 6.07) is 39.7. The molecule has 0 saturated carbocycles. The zero-order chi connectivity index (χ0) is 32.9. The van der Waals surface area contributed by atoms with Gasteiger partial charge in [0.1, 0.15) is 29.7 Å². The Labute approximate surface area is 278 Å². The Hall–Kier alpha value is -4.27. The fourth-order valence-corrected chi connectivity index (χ4v) is 5.27. The molecule has 0 amide bonds. The normalized spacial score (nSPS) is 20.4. The molecule has 7 heteroatoms. The summed E-state index contributed by atoms with van der Waals surface area (Å²) in [5.74, 6) is -0.226. The molecule has 1 aliphatic rings. The fraction of sp³-hybridized carbons (Fsp3) is 0.325. The maximum Gasteiger partial charge on any atom is 0.334 e. The van der Waals surface area contributed by atoms with Crippen LogP contribution in [0.2, 0.25) is 0 Å². The molecule has 0 radical (unpaired) electrons. The van der Waals surface area contributed by atoms with Gasteiger partial charge in [0.05, 0.1) is 39.1 Å². The van der Waals surface area contributed by atoms with Crippen molar-refractivity contribution in [3.05, 3.63) is 155 Å². The van der Waals surface area contributed by atoms with Gasteiger partial charge in [0.15, 0.2) is 6.10 Å². The van der Waals surface area contributed by atoms with E-state index in [1.807, 2.05) is 142 Å². The minimum absolute atomic E-state index is 0.191. The second kappa shape index (κ2) is 17.0. The topological polar surface area (TPSA) is 72.5 Å². The Morgan fingerprint density at radius 2 is 1.04 bits per heavy atom. The summed E-state index contributed by atoms with van der Waals surface area (Å²) < 4.78 is 38.4. The van der Waals surface area contributed by atoms with Crippen LogP contribution in [0.3, 0.4) is 0 Å². The van der Waals surface area contributed by atoms with Crippen molar-refractivity contribution in [2.45, 2.75) is 77.2 Å². The third-order valence-corrected chi connectivity index (χ3v) is 7.46. The second-order valence-electron chi connectivity index (χ2n) is 12.5. The van der Waals surface area contributed by atoms with Crippen LogP contribution in [0.25, 0.3) is 0 Å². The Kier molecular flexibility index (Phi) is 12.4. The number of hydrogen-bond donors (Lipinski definition) is 0. The first kappa shape index (κ1) is 34.1. The number of benzene rings is 4. The van der Waals surface area contributed by atoms with E-state index in [0.29, 0.717) is 25.6 Å². The van der Waals surface area contributed by atoms with Gasteiger partial charge < -0.3 is 28.4 Å². The van der Waals surface area contributed by atoms with Crippen LogP contribution in [0.4, 0.5) is 0 Å². The summed E-state index contributed by atoms with van der Waals surface area (Å²) in [6.45, 7) is 6.96. The molecule has 0 aromatic heterocycles. The third-order valence-electron chi connectivity index (χ3n) is 7.46. The number of esters is 1. The van der Waals surface area contributed by atoms with Crippen LogP contribution in [-0.4, -0.2) is 42.6 Å². The van der Waals surface area contributed by atoms with Gasteiger partial charge in [0.2, 0.25) is 0 Å². The van der Waals surface area contributed by atoms with E-state index >= 15 is 0 Å². The van der Waals surface area contributed by atoms with E-state index in [-0.39, 0.29) is 13.2 Å². The SMILES string of the molecule is CC(C)(C)OC(=O)/C=C1\O[C@H](COCc2ccccc2)[C@@H](OCc2ccccc2)[C@H](OCc2ccccc2)[C@H]1OCc1ccccc1. The minimum Gasteiger partial charge on any atom is -0.486 e. The molecular weight excluding hydrogens is 592 g/mol. The molecule has 1 fully saturated rings. The van der Waals surface area contributed by atoms with Crippen molar-refractivity contribution in [1.29, 1.82) is 0 Å². The van der Waals surface area contributed by atoms with E-state index in [0.717, 1.165) is 22.3 Å². The standard InChI is InChI=1S/C40H44O7/c1-40(2,3)47-36(41)24-34-37(43-26-31-18-10-5-11-19-31)39(45-28-33-22-14-7-15-23-33)38(44-27-32-20-12-6-13-21-32)35(46-34)29-42-25-30-16-8-4-9-17-30/h4-24,35,37-39H,25-29H2,1-3H3/b34-24-/t35-,37+,38-,39-/m1/s1. The van der Waals surface area contributed by atoms with E-state index in [4.69, 9.17) is 28.4 Å². The molecule has 7 nitrogen and oxygen atoms in total. The number of ether oxygens (including phenoxy) is 6. The van der Waals surface area contributed by atoms with Crippen molar-refractivity contribution in [2.75, 3.05) is 6.61 Å². The summed E-state index contributed by atoms with van der Waals surface area (Å²) in [6.07, 6.45) is -1.29. The maximum atomic E-state index is 13.2. The lowest BCUT2D eigenvalue weighted by Gasteiger charge is -2.43. The van der Waals surface area contributed by atoms with E-state index in [9.17, 15) is 4.79 Å². The van der Waals surface area contributed by atoms with Gasteiger partial charge >= 0.3 is 5.97 Å². The zero-order valence-electron chi connectivity index (χ0n) is 27.3. The predicted octanol–water partition coefficient (Wildman–Crippen LogP) is 7.58. The lowest BCUT2D eigenvalue weighted by Crippen LogP contribution is -2.56. The molecule has 4 aromatic carbocycles. The van der Waals surface area contributed by atoms with Crippen LogP contribution in [0.5, 0.6) is 0 Å². The van der Waals surface area contributed by atoms with Crippen LogP contribution in [-0.2, 0) is 59.6 Å². The number of hydrogen-bond acceptors (Lipinski definition) is 7. The Bertz CT molecular complexity index is 1520. The van der Waals surface area contributed by atoms with Crippen molar-refractivity contribution in [1.82, 2.24) is 0 Å². The van der Waals surface area contributed by atoms with Gasteiger partial charge in [-0.25, -0.2) is 4.79 Å². The molecule has 1 aliphatic heterocycles. The molecule has 47 heavy (non-hydrogen) atoms. The highest BCUT2D eigenvalue weighted by Gasteiger charge is 2.47. The molecule has 1 heterocycles. The largest absolute Gasteiger partial charge is 0.486 e. The highest BCUT2D eigenvalue weighted by molar-refractivity contribution is 5.83. The fourth-order valence-electron chi connectivity index (χ4n) is 5.27. The quantitative estimate of drug-likeness (QED) is 0.104. The summed E-state index contributed by atoms with van der Waals surface area (Å²) in [4.78, 5) is 13.2. The van der Waals surface area contributed by atoms with E-state index in [1.165, 1.54) is 6.08 Å². The first-order chi connectivity index (χ1) is 22.8. The van der Waals surface area contributed by atoms with Crippen LogP contribution < -0.4 is 0 Å². The summed E-state index contributed by atoms with van der Waals surface area (Å²) >= 11 is 0. The third kappa shape index (κ3) is 10.9. The predicted molar refractivity (Wildman–Crippen MR) is 180 cm³/mol. The lowest BCUT2D eigenvalue weighted by atomic mass is 9.96. The first-order valence-corrected chi connectivity index (χ1v) is 16.0. The van der Waals surface area contributed by atoms with Crippen molar-refractivity contribution in [3.8, 4) is 0 Å². The average Bonchev–Trinajstić information content (AvgIpc) is 3.07. The summed E-state index contributed by atoms with van der Waals surface area (Å²) in [7, 11) is 0. The monoisotopic (exact) mass is 636 g/mol. The molecule has 0 spiro atoms. The molecule has 1 saturated heterocycles. The molecule has 4 atom stereocenters. The average molecular weight is 637 g/mol. The minimum atomic E-state index is -0.780. The smallest absolute Gasteiger partial charge is 0.334 e. The van der Waals surface area contributed by atoms with Crippen LogP contribution in [0, 0.1) is 0 Å². The van der Waals surface area contributed by atoms with Gasteiger partial charge in [0, 0.05) is 0 Å². The van der Waals surface area contributed by atoms with Gasteiger partial charge in [-0.15, -0.1) is 0 Å². The number of carbonyl (C=O) groups excluding carboxylic acids is 1. The van der Waals surface area contributed by atoms with Crippen LogP contribution >= 0.6 is 0 Å². The zero-order valence-corrected chi connectivity index (χ0v) is 27.3. The lowest BCUT2D eigenvalue weighted by molar-refractivity contribution is -0.223. The molecule has 0 bridgehead atoms.